The lowest BCUT2D eigenvalue weighted by Gasteiger charge is -2.53. The second-order valence-corrected chi connectivity index (χ2v) is 12.9. The van der Waals surface area contributed by atoms with E-state index in [-0.39, 0.29) is 42.7 Å². The quantitative estimate of drug-likeness (QED) is 0.213. The van der Waals surface area contributed by atoms with Crippen molar-refractivity contribution in [2.75, 3.05) is 27.9 Å². The van der Waals surface area contributed by atoms with Crippen LogP contribution in [0.4, 0.5) is 0 Å². The van der Waals surface area contributed by atoms with Crippen LogP contribution in [0.3, 0.4) is 0 Å². The molecular formula is C34H52N2O7. The van der Waals surface area contributed by atoms with Crippen LogP contribution in [-0.2, 0) is 30.4 Å². The molecule has 0 unspecified atom stereocenters. The number of fused-ring (bicyclic) bond motifs is 1. The highest BCUT2D eigenvalue weighted by atomic mass is 16.5. The lowest BCUT2D eigenvalue weighted by atomic mass is 9.65. The van der Waals surface area contributed by atoms with E-state index < -0.39 is 23.4 Å². The van der Waals surface area contributed by atoms with Gasteiger partial charge >= 0.3 is 5.97 Å². The Bertz CT molecular complexity index is 1160. The van der Waals surface area contributed by atoms with Crippen LogP contribution in [0, 0.1) is 16.7 Å². The van der Waals surface area contributed by atoms with Gasteiger partial charge in [0.05, 0.1) is 33.5 Å². The Hall–Kier alpha value is -3.07. The van der Waals surface area contributed by atoms with Gasteiger partial charge in [0, 0.05) is 31.1 Å². The summed E-state index contributed by atoms with van der Waals surface area (Å²) in [7, 11) is 4.50. The average molecular weight is 601 g/mol. The van der Waals surface area contributed by atoms with Crippen molar-refractivity contribution in [2.24, 2.45) is 16.7 Å². The van der Waals surface area contributed by atoms with E-state index in [4.69, 9.17) is 18.9 Å². The highest BCUT2D eigenvalue weighted by Crippen LogP contribution is 2.51. The molecule has 0 aliphatic carbocycles. The molecule has 0 spiro atoms. The molecule has 2 aliphatic heterocycles. The van der Waals surface area contributed by atoms with Crippen LogP contribution in [0.25, 0.3) is 0 Å². The molecule has 240 valence electrons. The molecular weight excluding hydrogens is 548 g/mol. The maximum Gasteiger partial charge on any atom is 0.320 e. The van der Waals surface area contributed by atoms with Crippen molar-refractivity contribution >= 4 is 17.8 Å². The minimum absolute atomic E-state index is 0.0411. The summed E-state index contributed by atoms with van der Waals surface area (Å²) in [4.78, 5) is 42.8. The summed E-state index contributed by atoms with van der Waals surface area (Å²) >= 11 is 0. The topological polar surface area (TPSA) is 103 Å². The van der Waals surface area contributed by atoms with Gasteiger partial charge in [0.2, 0.25) is 11.8 Å². The minimum Gasteiger partial charge on any atom is -0.493 e. The van der Waals surface area contributed by atoms with Crippen molar-refractivity contribution in [3.63, 3.8) is 0 Å². The highest BCUT2D eigenvalue weighted by molar-refractivity contribution is 5.92. The molecule has 1 aromatic carbocycles. The summed E-state index contributed by atoms with van der Waals surface area (Å²) in [5.41, 5.74) is 0.0863. The first-order valence-corrected chi connectivity index (χ1v) is 15.7. The van der Waals surface area contributed by atoms with Gasteiger partial charge < -0.3 is 29.2 Å². The van der Waals surface area contributed by atoms with Gasteiger partial charge in [-0.15, -0.1) is 0 Å². The first kappa shape index (κ1) is 34.4. The van der Waals surface area contributed by atoms with Crippen LogP contribution >= 0.6 is 0 Å². The molecule has 9 nitrogen and oxygen atoms in total. The normalized spacial score (nSPS) is 23.7. The molecule has 1 aromatic rings. The van der Waals surface area contributed by atoms with E-state index in [0.717, 1.165) is 24.8 Å². The van der Waals surface area contributed by atoms with Crippen molar-refractivity contribution in [2.45, 2.75) is 105 Å². The van der Waals surface area contributed by atoms with Gasteiger partial charge in [-0.25, -0.2) is 0 Å². The largest absolute Gasteiger partial charge is 0.493 e. The number of carbonyl (C=O) groups is 3. The summed E-state index contributed by atoms with van der Waals surface area (Å²) in [5, 5.41) is 2.94. The van der Waals surface area contributed by atoms with Gasteiger partial charge in [-0.05, 0) is 49.0 Å². The van der Waals surface area contributed by atoms with Crippen LogP contribution in [0.5, 0.6) is 11.5 Å². The molecule has 0 bridgehead atoms. The fraction of sp³-hybridized carbons (Fsp3) is 0.676. The van der Waals surface area contributed by atoms with Gasteiger partial charge in [0.25, 0.3) is 0 Å². The van der Waals surface area contributed by atoms with Gasteiger partial charge in [-0.1, -0.05) is 65.9 Å². The second kappa shape index (κ2) is 15.1. The Morgan fingerprint density at radius 3 is 2.35 bits per heavy atom. The number of unbranched alkanes of at least 4 members (excludes halogenated alkanes) is 5. The number of nitrogens with zero attached hydrogens (tertiary/aromatic N) is 1. The van der Waals surface area contributed by atoms with Crippen molar-refractivity contribution in [3.8, 4) is 11.5 Å². The van der Waals surface area contributed by atoms with E-state index in [0.29, 0.717) is 23.7 Å². The lowest BCUT2D eigenvalue weighted by molar-refractivity contribution is -0.180. The predicted molar refractivity (Wildman–Crippen MR) is 166 cm³/mol. The molecule has 2 aliphatic rings. The lowest BCUT2D eigenvalue weighted by Crippen LogP contribution is -2.61. The Morgan fingerprint density at radius 2 is 1.72 bits per heavy atom. The average Bonchev–Trinajstić information content (AvgIpc) is 2.98. The molecule has 2 heterocycles. The zero-order valence-corrected chi connectivity index (χ0v) is 27.4. The second-order valence-electron chi connectivity index (χ2n) is 12.9. The van der Waals surface area contributed by atoms with Crippen LogP contribution in [0.1, 0.15) is 91.5 Å². The SMILES string of the molecule is CCCCCCCCN1C(=O)[C@@H](CC(=O)NCc2ccc(OC)c(OC)c2)C[C@@]2(C(=O)OC)C1=C[C@H](C(C)(C)C)O[C@@H]2C. The number of amides is 2. The first-order chi connectivity index (χ1) is 20.4. The van der Waals surface area contributed by atoms with Crippen molar-refractivity contribution in [3.05, 3.63) is 35.5 Å². The monoisotopic (exact) mass is 600 g/mol. The maximum atomic E-state index is 14.1. The number of likely N-dealkylation sites (tertiary alicyclic amines) is 1. The Balaban J connectivity index is 1.87. The number of hydrogen-bond donors (Lipinski definition) is 1. The Morgan fingerprint density at radius 1 is 1.05 bits per heavy atom. The predicted octanol–water partition coefficient (Wildman–Crippen LogP) is 5.80. The van der Waals surface area contributed by atoms with Crippen LogP contribution in [0.2, 0.25) is 0 Å². The number of hydrogen-bond acceptors (Lipinski definition) is 7. The first-order valence-electron chi connectivity index (χ1n) is 15.7. The van der Waals surface area contributed by atoms with E-state index >= 15 is 0 Å². The maximum absolute atomic E-state index is 14.1. The Labute approximate surface area is 257 Å². The van der Waals surface area contributed by atoms with Crippen LogP contribution in [0.15, 0.2) is 30.0 Å². The third-order valence-corrected chi connectivity index (χ3v) is 8.79. The molecule has 43 heavy (non-hydrogen) atoms. The molecule has 1 fully saturated rings. The number of methoxy groups -OCH3 is 3. The Kier molecular flexibility index (Phi) is 12.1. The van der Waals surface area contributed by atoms with Gasteiger partial charge in [0.1, 0.15) is 5.41 Å². The third kappa shape index (κ3) is 7.91. The molecule has 0 radical (unpaired) electrons. The van der Waals surface area contributed by atoms with Crippen molar-refractivity contribution in [1.82, 2.24) is 10.2 Å². The molecule has 1 N–H and O–H groups in total. The zero-order chi connectivity index (χ0) is 31.8. The fourth-order valence-corrected chi connectivity index (χ4v) is 6.21. The number of benzene rings is 1. The molecule has 1 saturated heterocycles. The van der Waals surface area contributed by atoms with Crippen LogP contribution < -0.4 is 14.8 Å². The summed E-state index contributed by atoms with van der Waals surface area (Å²) in [6, 6.07) is 5.45. The molecule has 4 atom stereocenters. The molecule has 0 saturated carbocycles. The van der Waals surface area contributed by atoms with E-state index in [2.05, 4.69) is 33.0 Å². The molecule has 0 aromatic heterocycles. The molecule has 2 amide bonds. The number of ether oxygens (including phenoxy) is 4. The highest BCUT2D eigenvalue weighted by Gasteiger charge is 2.60. The molecule has 3 rings (SSSR count). The van der Waals surface area contributed by atoms with E-state index in [1.54, 1.807) is 25.2 Å². The number of carbonyl (C=O) groups excluding carboxylic acids is 3. The van der Waals surface area contributed by atoms with E-state index in [9.17, 15) is 14.4 Å². The number of rotatable bonds is 14. The van der Waals surface area contributed by atoms with Crippen LogP contribution in [-0.4, -0.2) is 62.8 Å². The van der Waals surface area contributed by atoms with Gasteiger partial charge in [0.15, 0.2) is 11.5 Å². The smallest absolute Gasteiger partial charge is 0.320 e. The summed E-state index contributed by atoms with van der Waals surface area (Å²) < 4.78 is 22.5. The number of esters is 1. The van der Waals surface area contributed by atoms with Gasteiger partial charge in [-0.3, -0.25) is 14.4 Å². The fourth-order valence-electron chi connectivity index (χ4n) is 6.21. The standard InChI is InChI=1S/C34H52N2O7/c1-9-10-11-12-13-14-17-36-28-20-29(33(3,4)5)43-23(2)34(28,32(39)42-8)21-25(31(36)38)19-30(37)35-22-24-15-16-26(40-6)27(18-24)41-7/h15-16,18,20,23,25,29H,9-14,17,19,21-22H2,1-8H3,(H,35,37)/t23-,25+,29-,34+/m1/s1. The third-order valence-electron chi connectivity index (χ3n) is 8.79. The minimum atomic E-state index is -1.18. The van der Waals surface area contributed by atoms with E-state index in [1.165, 1.54) is 26.4 Å². The number of nitrogens with one attached hydrogen (secondary N) is 1. The number of piperidine rings is 1. The summed E-state index contributed by atoms with van der Waals surface area (Å²) in [6.45, 7) is 11.1. The summed E-state index contributed by atoms with van der Waals surface area (Å²) in [5.74, 6) is -0.347. The molecule has 9 heteroatoms. The van der Waals surface area contributed by atoms with Crippen molar-refractivity contribution in [1.29, 1.82) is 0 Å². The zero-order valence-electron chi connectivity index (χ0n) is 27.4. The van der Waals surface area contributed by atoms with Crippen molar-refractivity contribution < 1.29 is 33.3 Å². The van der Waals surface area contributed by atoms with Gasteiger partial charge in [-0.2, -0.15) is 0 Å². The van der Waals surface area contributed by atoms with E-state index in [1.807, 2.05) is 25.1 Å². The summed E-state index contributed by atoms with van der Waals surface area (Å²) in [6.07, 6.45) is 7.69.